The number of nitrogens with zero attached hydrogens (tertiary/aromatic N) is 2. The Morgan fingerprint density at radius 3 is 2.72 bits per heavy atom. The third kappa shape index (κ3) is 4.61. The van der Waals surface area contributed by atoms with Crippen LogP contribution < -0.4 is 4.74 Å². The van der Waals surface area contributed by atoms with E-state index in [-0.39, 0.29) is 6.61 Å². The molecule has 0 amide bonds. The summed E-state index contributed by atoms with van der Waals surface area (Å²) >= 11 is 0. The summed E-state index contributed by atoms with van der Waals surface area (Å²) in [7, 11) is 0. The number of aryl methyl sites for hydroxylation is 1. The van der Waals surface area contributed by atoms with Crippen LogP contribution in [0.1, 0.15) is 50.8 Å². The van der Waals surface area contributed by atoms with Gasteiger partial charge in [-0.3, -0.25) is 0 Å². The van der Waals surface area contributed by atoms with Crippen LogP contribution in [0.2, 0.25) is 0 Å². The molecule has 0 aromatic carbocycles. The zero-order chi connectivity index (χ0) is 13.4. The van der Waals surface area contributed by atoms with E-state index in [2.05, 4.69) is 23.8 Å². The lowest BCUT2D eigenvalue weighted by Crippen LogP contribution is -2.13. The zero-order valence-corrected chi connectivity index (χ0v) is 11.6. The van der Waals surface area contributed by atoms with Gasteiger partial charge >= 0.3 is 6.01 Å². The minimum absolute atomic E-state index is 0.0276. The Kier molecular flexibility index (Phi) is 6.65. The molecule has 1 N–H and O–H groups in total. The highest BCUT2D eigenvalue weighted by Crippen LogP contribution is 2.15. The lowest BCUT2D eigenvalue weighted by molar-refractivity contribution is 0.216. The molecular weight excluding hydrogens is 228 g/mol. The molecule has 0 aliphatic heterocycles. The summed E-state index contributed by atoms with van der Waals surface area (Å²) in [5, 5.41) is 9.04. The lowest BCUT2D eigenvalue weighted by atomic mass is 10.0. The Bertz CT molecular complexity index is 356. The quantitative estimate of drug-likeness (QED) is 0.773. The van der Waals surface area contributed by atoms with Crippen LogP contribution in [0.5, 0.6) is 6.01 Å². The van der Waals surface area contributed by atoms with E-state index in [4.69, 9.17) is 9.84 Å². The maximum Gasteiger partial charge on any atom is 0.316 e. The number of rotatable bonds is 8. The molecule has 4 nitrogen and oxygen atoms in total. The van der Waals surface area contributed by atoms with Crippen molar-refractivity contribution in [1.82, 2.24) is 9.97 Å². The third-order valence-electron chi connectivity index (χ3n) is 3.22. The molecule has 102 valence electrons. The van der Waals surface area contributed by atoms with E-state index in [9.17, 15) is 0 Å². The van der Waals surface area contributed by atoms with Gasteiger partial charge in [-0.15, -0.1) is 0 Å². The average molecular weight is 252 g/mol. The number of hydrogen-bond acceptors (Lipinski definition) is 4. The van der Waals surface area contributed by atoms with Crippen molar-refractivity contribution in [2.24, 2.45) is 5.92 Å². The van der Waals surface area contributed by atoms with Crippen molar-refractivity contribution in [3.8, 4) is 6.01 Å². The van der Waals surface area contributed by atoms with Gasteiger partial charge in [-0.25, -0.2) is 9.97 Å². The van der Waals surface area contributed by atoms with Crippen molar-refractivity contribution < 1.29 is 9.84 Å². The summed E-state index contributed by atoms with van der Waals surface area (Å²) in [6.45, 7) is 6.89. The molecule has 1 unspecified atom stereocenters. The number of aromatic nitrogens is 2. The maximum absolute atomic E-state index is 9.04. The van der Waals surface area contributed by atoms with E-state index >= 15 is 0 Å². The molecule has 18 heavy (non-hydrogen) atoms. The molecule has 0 radical (unpaired) electrons. The van der Waals surface area contributed by atoms with E-state index in [1.165, 1.54) is 19.3 Å². The fraction of sp³-hybridized carbons (Fsp3) is 0.714. The highest BCUT2D eigenvalue weighted by molar-refractivity contribution is 5.16. The Labute approximate surface area is 109 Å². The number of hydrogen-bond donors (Lipinski definition) is 1. The second kappa shape index (κ2) is 8.03. The highest BCUT2D eigenvalue weighted by Gasteiger charge is 2.09. The second-order valence-electron chi connectivity index (χ2n) is 4.65. The molecule has 1 heterocycles. The van der Waals surface area contributed by atoms with E-state index in [0.717, 1.165) is 17.7 Å². The predicted molar refractivity (Wildman–Crippen MR) is 71.5 cm³/mol. The molecule has 0 fully saturated rings. The number of aliphatic hydroxyl groups is 1. The SMILES string of the molecule is CCCCC(CC)COc1ncc(CO)c(C)n1. The first-order chi connectivity index (χ1) is 8.71. The van der Waals surface area contributed by atoms with Crippen LogP contribution in [-0.4, -0.2) is 21.7 Å². The minimum atomic E-state index is -0.0276. The van der Waals surface area contributed by atoms with Crippen LogP contribution in [-0.2, 0) is 6.61 Å². The molecule has 0 aliphatic carbocycles. The van der Waals surface area contributed by atoms with Crippen LogP contribution in [0, 0.1) is 12.8 Å². The van der Waals surface area contributed by atoms with Gasteiger partial charge in [0.2, 0.25) is 0 Å². The van der Waals surface area contributed by atoms with Gasteiger partial charge in [0, 0.05) is 11.8 Å². The standard InChI is InChI=1S/C14H24N2O2/c1-4-6-7-12(5-2)10-18-14-15-8-13(9-17)11(3)16-14/h8,12,17H,4-7,9-10H2,1-3H3. The van der Waals surface area contributed by atoms with Gasteiger partial charge in [0.05, 0.1) is 18.9 Å². The molecule has 1 aromatic heterocycles. The second-order valence-corrected chi connectivity index (χ2v) is 4.65. The number of ether oxygens (including phenoxy) is 1. The van der Waals surface area contributed by atoms with Crippen LogP contribution in [0.3, 0.4) is 0 Å². The van der Waals surface area contributed by atoms with Crippen LogP contribution in [0.25, 0.3) is 0 Å². The third-order valence-corrected chi connectivity index (χ3v) is 3.22. The van der Waals surface area contributed by atoms with Crippen molar-refractivity contribution in [2.45, 2.75) is 53.1 Å². The first kappa shape index (κ1) is 14.9. The molecule has 0 saturated heterocycles. The minimum Gasteiger partial charge on any atom is -0.463 e. The van der Waals surface area contributed by atoms with E-state index < -0.39 is 0 Å². The average Bonchev–Trinajstić information content (AvgIpc) is 2.39. The number of aliphatic hydroxyl groups excluding tert-OH is 1. The molecule has 0 spiro atoms. The highest BCUT2D eigenvalue weighted by atomic mass is 16.5. The van der Waals surface area contributed by atoms with Crippen LogP contribution >= 0.6 is 0 Å². The van der Waals surface area contributed by atoms with Gasteiger partial charge in [0.15, 0.2) is 0 Å². The van der Waals surface area contributed by atoms with Crippen molar-refractivity contribution >= 4 is 0 Å². The van der Waals surface area contributed by atoms with Gasteiger partial charge in [-0.05, 0) is 19.3 Å². The fourth-order valence-corrected chi connectivity index (χ4v) is 1.79. The summed E-state index contributed by atoms with van der Waals surface area (Å²) in [5.74, 6) is 0.575. The first-order valence-electron chi connectivity index (χ1n) is 6.77. The van der Waals surface area contributed by atoms with Crippen LogP contribution in [0.15, 0.2) is 6.20 Å². The normalized spacial score (nSPS) is 12.4. The Hall–Kier alpha value is -1.16. The maximum atomic E-state index is 9.04. The molecule has 4 heteroatoms. The van der Waals surface area contributed by atoms with E-state index in [1.54, 1.807) is 6.20 Å². The Morgan fingerprint density at radius 2 is 2.17 bits per heavy atom. The van der Waals surface area contributed by atoms with Crippen molar-refractivity contribution in [3.63, 3.8) is 0 Å². The van der Waals surface area contributed by atoms with Gasteiger partial charge in [-0.1, -0.05) is 33.1 Å². The fourth-order valence-electron chi connectivity index (χ4n) is 1.79. The molecule has 0 saturated carbocycles. The van der Waals surface area contributed by atoms with Gasteiger partial charge < -0.3 is 9.84 Å². The van der Waals surface area contributed by atoms with Gasteiger partial charge in [0.1, 0.15) is 0 Å². The topological polar surface area (TPSA) is 55.2 Å². The van der Waals surface area contributed by atoms with Gasteiger partial charge in [0.25, 0.3) is 0 Å². The summed E-state index contributed by atoms with van der Waals surface area (Å²) < 4.78 is 5.63. The monoisotopic (exact) mass is 252 g/mol. The smallest absolute Gasteiger partial charge is 0.316 e. The van der Waals surface area contributed by atoms with Crippen molar-refractivity contribution in [1.29, 1.82) is 0 Å². The first-order valence-corrected chi connectivity index (χ1v) is 6.77. The molecule has 0 aliphatic rings. The summed E-state index contributed by atoms with van der Waals surface area (Å²) in [4.78, 5) is 8.34. The van der Waals surface area contributed by atoms with Crippen molar-refractivity contribution in [2.75, 3.05) is 6.61 Å². The molecular formula is C14H24N2O2. The Balaban J connectivity index is 2.49. The zero-order valence-electron chi connectivity index (χ0n) is 11.6. The number of unbranched alkanes of at least 4 members (excludes halogenated alkanes) is 1. The predicted octanol–water partition coefficient (Wildman–Crippen LogP) is 2.87. The molecule has 0 bridgehead atoms. The summed E-state index contributed by atoms with van der Waals surface area (Å²) in [5.41, 5.74) is 1.53. The summed E-state index contributed by atoms with van der Waals surface area (Å²) in [6.07, 6.45) is 6.40. The molecule has 1 aromatic rings. The summed E-state index contributed by atoms with van der Waals surface area (Å²) in [6, 6.07) is 0.416. The van der Waals surface area contributed by atoms with E-state index in [1.807, 2.05) is 6.92 Å². The molecule has 1 atom stereocenters. The molecule has 1 rings (SSSR count). The van der Waals surface area contributed by atoms with Crippen molar-refractivity contribution in [3.05, 3.63) is 17.5 Å². The lowest BCUT2D eigenvalue weighted by Gasteiger charge is -2.14. The van der Waals surface area contributed by atoms with Gasteiger partial charge in [-0.2, -0.15) is 0 Å². The largest absolute Gasteiger partial charge is 0.463 e. The Morgan fingerprint density at radius 1 is 1.39 bits per heavy atom. The van der Waals surface area contributed by atoms with Crippen LogP contribution in [0.4, 0.5) is 0 Å². The van der Waals surface area contributed by atoms with E-state index in [0.29, 0.717) is 18.5 Å².